The molecule has 0 aliphatic carbocycles. The summed E-state index contributed by atoms with van der Waals surface area (Å²) >= 11 is 0. The predicted octanol–water partition coefficient (Wildman–Crippen LogP) is 13.5. The minimum atomic E-state index is -0.0141. The number of anilines is 3. The molecule has 0 saturated carbocycles. The molecule has 0 radical (unpaired) electrons. The SMILES string of the molecule is CC(C)(C)c1ccc2c(-c3ccccc3)c3ccccc3c(N(c3ccccc3)c3ccc4c(c3)c3ccccc3n4-c3ccccc3)c2c1. The van der Waals surface area contributed by atoms with Gasteiger partial charge in [0.1, 0.15) is 0 Å². The second-order valence-corrected chi connectivity index (χ2v) is 14.2. The van der Waals surface area contributed by atoms with E-state index in [0.29, 0.717) is 0 Å². The lowest BCUT2D eigenvalue weighted by Crippen LogP contribution is -2.13. The Kier molecular flexibility index (Phi) is 7.07. The number of benzene rings is 8. The third-order valence-electron chi connectivity index (χ3n) is 10.1. The van der Waals surface area contributed by atoms with E-state index in [9.17, 15) is 0 Å². The molecule has 0 aliphatic rings. The minimum Gasteiger partial charge on any atom is -0.309 e. The zero-order valence-corrected chi connectivity index (χ0v) is 28.6. The van der Waals surface area contributed by atoms with Gasteiger partial charge in [-0.1, -0.05) is 142 Å². The van der Waals surface area contributed by atoms with Gasteiger partial charge in [-0.3, -0.25) is 0 Å². The van der Waals surface area contributed by atoms with Crippen molar-refractivity contribution in [2.45, 2.75) is 26.2 Å². The largest absolute Gasteiger partial charge is 0.309 e. The molecule has 0 saturated heterocycles. The third-order valence-corrected chi connectivity index (χ3v) is 10.1. The monoisotopic (exact) mass is 642 g/mol. The number of hydrogen-bond acceptors (Lipinski definition) is 1. The molecular formula is C48H38N2. The molecule has 1 heterocycles. The molecule has 240 valence electrons. The Morgan fingerprint density at radius 2 is 1.00 bits per heavy atom. The van der Waals surface area contributed by atoms with Crippen LogP contribution in [0.25, 0.3) is 60.2 Å². The van der Waals surface area contributed by atoms with E-state index in [4.69, 9.17) is 0 Å². The molecule has 0 amide bonds. The average Bonchev–Trinajstić information content (AvgIpc) is 3.49. The third kappa shape index (κ3) is 4.87. The van der Waals surface area contributed by atoms with Crippen LogP contribution in [0.4, 0.5) is 17.1 Å². The van der Waals surface area contributed by atoms with Crippen LogP contribution in [0.5, 0.6) is 0 Å². The van der Waals surface area contributed by atoms with E-state index >= 15 is 0 Å². The van der Waals surface area contributed by atoms with Gasteiger partial charge in [-0.05, 0) is 87.5 Å². The lowest BCUT2D eigenvalue weighted by Gasteiger charge is -2.30. The average molecular weight is 643 g/mol. The van der Waals surface area contributed by atoms with Crippen molar-refractivity contribution in [3.8, 4) is 16.8 Å². The van der Waals surface area contributed by atoms with E-state index in [0.717, 1.165) is 17.1 Å². The summed E-state index contributed by atoms with van der Waals surface area (Å²) in [5.41, 5.74) is 10.8. The lowest BCUT2D eigenvalue weighted by molar-refractivity contribution is 0.591. The molecule has 0 fully saturated rings. The van der Waals surface area contributed by atoms with E-state index in [1.54, 1.807) is 0 Å². The van der Waals surface area contributed by atoms with Crippen LogP contribution in [-0.2, 0) is 5.41 Å². The van der Waals surface area contributed by atoms with Crippen LogP contribution in [-0.4, -0.2) is 4.57 Å². The summed E-state index contributed by atoms with van der Waals surface area (Å²) in [7, 11) is 0. The number of fused-ring (bicyclic) bond motifs is 5. The number of hydrogen-bond donors (Lipinski definition) is 0. The van der Waals surface area contributed by atoms with Crippen molar-refractivity contribution in [1.29, 1.82) is 0 Å². The van der Waals surface area contributed by atoms with Gasteiger partial charge < -0.3 is 9.47 Å². The summed E-state index contributed by atoms with van der Waals surface area (Å²) in [6.45, 7) is 6.91. The lowest BCUT2D eigenvalue weighted by atomic mass is 9.83. The van der Waals surface area contributed by atoms with Crippen molar-refractivity contribution in [3.05, 3.63) is 181 Å². The van der Waals surface area contributed by atoms with E-state index in [1.807, 2.05) is 0 Å². The van der Waals surface area contributed by atoms with Gasteiger partial charge in [-0.15, -0.1) is 0 Å². The first-order valence-corrected chi connectivity index (χ1v) is 17.5. The first-order chi connectivity index (χ1) is 24.5. The Bertz CT molecular complexity index is 2660. The molecule has 8 aromatic carbocycles. The number of aromatic nitrogens is 1. The second kappa shape index (κ2) is 11.8. The maximum Gasteiger partial charge on any atom is 0.0618 e. The van der Waals surface area contributed by atoms with Gasteiger partial charge in [-0.2, -0.15) is 0 Å². The van der Waals surface area contributed by atoms with E-state index in [2.05, 4.69) is 206 Å². The first-order valence-electron chi connectivity index (χ1n) is 17.5. The summed E-state index contributed by atoms with van der Waals surface area (Å²) in [5, 5.41) is 7.43. The normalized spacial score (nSPS) is 11.9. The molecule has 0 atom stereocenters. The van der Waals surface area contributed by atoms with Crippen LogP contribution in [0, 0.1) is 0 Å². The van der Waals surface area contributed by atoms with Crippen LogP contribution in [0.15, 0.2) is 176 Å². The molecular weight excluding hydrogens is 605 g/mol. The fourth-order valence-corrected chi connectivity index (χ4v) is 7.72. The topological polar surface area (TPSA) is 8.17 Å². The number of nitrogens with zero attached hydrogens (tertiary/aromatic N) is 2. The van der Waals surface area contributed by atoms with E-state index in [-0.39, 0.29) is 5.41 Å². The van der Waals surface area contributed by atoms with E-state index < -0.39 is 0 Å². The molecule has 50 heavy (non-hydrogen) atoms. The van der Waals surface area contributed by atoms with Gasteiger partial charge in [0, 0.05) is 38.6 Å². The molecule has 9 aromatic rings. The zero-order chi connectivity index (χ0) is 33.8. The van der Waals surface area contributed by atoms with Crippen LogP contribution in [0.2, 0.25) is 0 Å². The molecule has 9 rings (SSSR count). The van der Waals surface area contributed by atoms with Crippen molar-refractivity contribution < 1.29 is 0 Å². The van der Waals surface area contributed by atoms with Gasteiger partial charge in [0.15, 0.2) is 0 Å². The first kappa shape index (κ1) is 30.0. The van der Waals surface area contributed by atoms with Crippen LogP contribution in [0.3, 0.4) is 0 Å². The summed E-state index contributed by atoms with van der Waals surface area (Å²) in [4.78, 5) is 2.49. The van der Waals surface area contributed by atoms with Crippen molar-refractivity contribution >= 4 is 60.4 Å². The molecule has 0 N–H and O–H groups in total. The van der Waals surface area contributed by atoms with E-state index in [1.165, 1.54) is 65.7 Å². The Labute approximate surface area is 293 Å². The highest BCUT2D eigenvalue weighted by Gasteiger charge is 2.25. The quantitative estimate of drug-likeness (QED) is 0.170. The van der Waals surface area contributed by atoms with Crippen molar-refractivity contribution in [2.75, 3.05) is 4.90 Å². The Hall–Kier alpha value is -6.12. The van der Waals surface area contributed by atoms with Gasteiger partial charge >= 0.3 is 0 Å². The fraction of sp³-hybridized carbons (Fsp3) is 0.0833. The Morgan fingerprint density at radius 1 is 0.420 bits per heavy atom. The molecule has 0 unspecified atom stereocenters. The highest BCUT2D eigenvalue weighted by atomic mass is 15.1. The zero-order valence-electron chi connectivity index (χ0n) is 28.6. The summed E-state index contributed by atoms with van der Waals surface area (Å²) < 4.78 is 2.39. The molecule has 0 bridgehead atoms. The van der Waals surface area contributed by atoms with Crippen LogP contribution < -0.4 is 4.90 Å². The Balaban J connectivity index is 1.41. The molecule has 0 spiro atoms. The number of rotatable bonds is 5. The van der Waals surface area contributed by atoms with Gasteiger partial charge in [-0.25, -0.2) is 0 Å². The van der Waals surface area contributed by atoms with Gasteiger partial charge in [0.05, 0.1) is 16.7 Å². The maximum absolute atomic E-state index is 2.49. The van der Waals surface area contributed by atoms with Gasteiger partial charge in [0.2, 0.25) is 0 Å². The highest BCUT2D eigenvalue weighted by molar-refractivity contribution is 6.23. The van der Waals surface area contributed by atoms with Crippen LogP contribution in [0.1, 0.15) is 26.3 Å². The Morgan fingerprint density at radius 3 is 1.72 bits per heavy atom. The molecule has 1 aromatic heterocycles. The van der Waals surface area contributed by atoms with Crippen molar-refractivity contribution in [2.24, 2.45) is 0 Å². The fourth-order valence-electron chi connectivity index (χ4n) is 7.72. The smallest absolute Gasteiger partial charge is 0.0618 e. The maximum atomic E-state index is 2.49. The summed E-state index contributed by atoms with van der Waals surface area (Å²) in [5.74, 6) is 0. The molecule has 2 nitrogen and oxygen atoms in total. The highest BCUT2D eigenvalue weighted by Crippen LogP contribution is 2.49. The number of para-hydroxylation sites is 3. The van der Waals surface area contributed by atoms with Crippen molar-refractivity contribution in [3.63, 3.8) is 0 Å². The summed E-state index contributed by atoms with van der Waals surface area (Å²) in [6, 6.07) is 64.2. The standard InChI is InChI=1S/C48H38N2/c1-48(2,3)34-27-29-40-43(31-34)47(41-25-14-13-24-39(41)46(40)33-17-7-4-8-18-33)49(35-19-9-5-10-20-35)37-28-30-45-42(32-37)38-23-15-16-26-44(38)50(45)36-21-11-6-12-22-36/h4-32H,1-3H3. The van der Waals surface area contributed by atoms with Crippen LogP contribution >= 0.6 is 0 Å². The molecule has 2 heteroatoms. The van der Waals surface area contributed by atoms with Gasteiger partial charge in [0.25, 0.3) is 0 Å². The van der Waals surface area contributed by atoms with Crippen molar-refractivity contribution in [1.82, 2.24) is 4.57 Å². The minimum absolute atomic E-state index is 0.0141. The summed E-state index contributed by atoms with van der Waals surface area (Å²) in [6.07, 6.45) is 0. The predicted molar refractivity (Wildman–Crippen MR) is 215 cm³/mol. The second-order valence-electron chi connectivity index (χ2n) is 14.2. The molecule has 0 aliphatic heterocycles.